The monoisotopic (exact) mass is 548 g/mol. The Morgan fingerprint density at radius 3 is 2.56 bits per heavy atom. The number of cyclic esters (lactones) is 1. The fraction of sp³-hybridized carbons (Fsp3) is 0.724. The van der Waals surface area contributed by atoms with Crippen LogP contribution in [0, 0.1) is 16.7 Å². The summed E-state index contributed by atoms with van der Waals surface area (Å²) in [5, 5.41) is 31.7. The van der Waals surface area contributed by atoms with Gasteiger partial charge in [0, 0.05) is 17.9 Å². The van der Waals surface area contributed by atoms with Crippen LogP contribution in [0.15, 0.2) is 36.0 Å². The van der Waals surface area contributed by atoms with Gasteiger partial charge in [-0.15, -0.1) is 0 Å². The molecule has 216 valence electrons. The summed E-state index contributed by atoms with van der Waals surface area (Å²) in [7, 11) is 0. The SMILES string of the molecule is CC1=C[C@H]2O[C@@H]3C[C@H]4OC(=O)/C=C\C=C\C(C(C)O)OCC(O)C(C)CC(=O)OC[C@@]2(C[C@@H]1O)[C@]4(C)[C@@]31CO1. The number of carbonyl (C=O) groups excluding carboxylic acids is 2. The number of epoxide rings is 1. The largest absolute Gasteiger partial charge is 0.465 e. The molecule has 2 bridgehead atoms. The van der Waals surface area contributed by atoms with Gasteiger partial charge in [-0.3, -0.25) is 4.79 Å². The molecule has 2 aliphatic carbocycles. The molecule has 5 rings (SSSR count). The van der Waals surface area contributed by atoms with Crippen molar-refractivity contribution >= 4 is 11.9 Å². The van der Waals surface area contributed by atoms with Gasteiger partial charge in [-0.05, 0) is 31.8 Å². The fourth-order valence-corrected chi connectivity index (χ4v) is 7.02. The summed E-state index contributed by atoms with van der Waals surface area (Å²) in [5.41, 5.74) is -1.66. The first-order valence-electron chi connectivity index (χ1n) is 13.8. The maximum Gasteiger partial charge on any atom is 0.331 e. The van der Waals surface area contributed by atoms with E-state index in [1.807, 2.05) is 19.9 Å². The predicted molar refractivity (Wildman–Crippen MR) is 137 cm³/mol. The zero-order valence-corrected chi connectivity index (χ0v) is 22.9. The van der Waals surface area contributed by atoms with E-state index < -0.39 is 70.9 Å². The topological polar surface area (TPSA) is 144 Å². The first-order chi connectivity index (χ1) is 18.4. The minimum absolute atomic E-state index is 0.0547. The molecule has 0 radical (unpaired) electrons. The summed E-state index contributed by atoms with van der Waals surface area (Å²) in [5.74, 6) is -1.53. The van der Waals surface area contributed by atoms with Crippen LogP contribution < -0.4 is 0 Å². The molecule has 0 aromatic rings. The van der Waals surface area contributed by atoms with Gasteiger partial charge >= 0.3 is 11.9 Å². The van der Waals surface area contributed by atoms with Crippen molar-refractivity contribution in [1.82, 2.24) is 0 Å². The number of carbonyl (C=O) groups is 2. The number of rotatable bonds is 1. The van der Waals surface area contributed by atoms with Crippen molar-refractivity contribution in [2.45, 2.75) is 95.3 Å². The van der Waals surface area contributed by atoms with Crippen LogP contribution in [0.5, 0.6) is 0 Å². The van der Waals surface area contributed by atoms with Crippen LogP contribution in [0.1, 0.15) is 47.0 Å². The summed E-state index contributed by atoms with van der Waals surface area (Å²) >= 11 is 0. The van der Waals surface area contributed by atoms with Gasteiger partial charge in [0.1, 0.15) is 24.4 Å². The van der Waals surface area contributed by atoms with Gasteiger partial charge in [0.05, 0.1) is 55.6 Å². The molecule has 39 heavy (non-hydrogen) atoms. The molecule has 10 heteroatoms. The van der Waals surface area contributed by atoms with Gasteiger partial charge in [-0.2, -0.15) is 0 Å². The Morgan fingerprint density at radius 2 is 1.87 bits per heavy atom. The number of hydrogen-bond donors (Lipinski definition) is 3. The number of hydrogen-bond acceptors (Lipinski definition) is 10. The number of allylic oxidation sites excluding steroid dienone is 2. The molecule has 11 atom stereocenters. The minimum atomic E-state index is -0.969. The number of aliphatic hydroxyl groups is 3. The van der Waals surface area contributed by atoms with Crippen LogP contribution in [0.25, 0.3) is 0 Å². The van der Waals surface area contributed by atoms with Crippen molar-refractivity contribution in [2.75, 3.05) is 19.8 Å². The molecule has 1 saturated carbocycles. The summed E-state index contributed by atoms with van der Waals surface area (Å²) in [6.07, 6.45) is 3.77. The van der Waals surface area contributed by atoms with Crippen molar-refractivity contribution in [3.05, 3.63) is 36.0 Å². The third kappa shape index (κ3) is 4.69. The first-order valence-corrected chi connectivity index (χ1v) is 13.8. The highest BCUT2D eigenvalue weighted by molar-refractivity contribution is 5.82. The Labute approximate surface area is 228 Å². The van der Waals surface area contributed by atoms with Gasteiger partial charge in [-0.1, -0.05) is 38.2 Å². The van der Waals surface area contributed by atoms with Crippen molar-refractivity contribution in [2.24, 2.45) is 16.7 Å². The maximum atomic E-state index is 13.1. The maximum absolute atomic E-state index is 13.1. The number of ether oxygens (including phenoxy) is 5. The second-order valence-corrected chi connectivity index (χ2v) is 12.1. The van der Waals surface area contributed by atoms with Gasteiger partial charge in [0.15, 0.2) is 0 Å². The average Bonchev–Trinajstić information content (AvgIpc) is 3.65. The standard InChI is InChI=1S/C29H40O10/c1-16-9-23-28(12-19(16)31)14-36-26(34)10-17(2)20(32)13-35-21(18(3)30)7-5-6-8-25(33)39-22-11-24(38-23)29(15-37-29)27(22,28)4/h5-9,17-24,30-32H,10-15H2,1-4H3/b7-5+,8-6-/t17?,18?,19-,20?,21?,22+,23+,24+,27+,28+,29+/m0/s1. The Bertz CT molecular complexity index is 1060. The Hall–Kier alpha value is -2.08. The molecule has 2 spiro atoms. The van der Waals surface area contributed by atoms with E-state index in [4.69, 9.17) is 23.7 Å². The molecule has 10 nitrogen and oxygen atoms in total. The number of aliphatic hydroxyl groups excluding tert-OH is 3. The van der Waals surface area contributed by atoms with E-state index in [0.29, 0.717) is 13.0 Å². The quantitative estimate of drug-likeness (QED) is 0.250. The van der Waals surface area contributed by atoms with Gasteiger partial charge in [-0.25, -0.2) is 4.79 Å². The molecule has 3 aliphatic heterocycles. The van der Waals surface area contributed by atoms with E-state index in [2.05, 4.69) is 0 Å². The molecule has 0 aromatic heterocycles. The molecule has 3 heterocycles. The lowest BCUT2D eigenvalue weighted by molar-refractivity contribution is -0.239. The Balaban J connectivity index is 1.52. The summed E-state index contributed by atoms with van der Waals surface area (Å²) in [6, 6.07) is 0. The molecule has 5 aliphatic rings. The second kappa shape index (κ2) is 10.4. The summed E-state index contributed by atoms with van der Waals surface area (Å²) in [6.45, 7) is 7.40. The van der Waals surface area contributed by atoms with Crippen molar-refractivity contribution < 1.29 is 48.6 Å². The highest BCUT2D eigenvalue weighted by Gasteiger charge is 2.83. The van der Waals surface area contributed by atoms with E-state index in [0.717, 1.165) is 5.57 Å². The molecule has 0 amide bonds. The van der Waals surface area contributed by atoms with Crippen LogP contribution in [-0.2, 0) is 33.3 Å². The predicted octanol–water partition coefficient (Wildman–Crippen LogP) is 1.36. The molecule has 0 aromatic carbocycles. The van der Waals surface area contributed by atoms with E-state index >= 15 is 0 Å². The lowest BCUT2D eigenvalue weighted by Crippen LogP contribution is -2.68. The van der Waals surface area contributed by atoms with Crippen molar-refractivity contribution in [3.63, 3.8) is 0 Å². The van der Waals surface area contributed by atoms with Crippen molar-refractivity contribution in [3.8, 4) is 0 Å². The third-order valence-corrected chi connectivity index (χ3v) is 9.79. The second-order valence-electron chi connectivity index (χ2n) is 12.1. The van der Waals surface area contributed by atoms with Gasteiger partial charge in [0.25, 0.3) is 0 Å². The first kappa shape index (κ1) is 28.4. The van der Waals surface area contributed by atoms with Crippen LogP contribution in [0.3, 0.4) is 0 Å². The van der Waals surface area contributed by atoms with Crippen LogP contribution in [-0.4, -0.2) is 95.4 Å². The average molecular weight is 549 g/mol. The van der Waals surface area contributed by atoms with Crippen LogP contribution >= 0.6 is 0 Å². The lowest BCUT2D eigenvalue weighted by Gasteiger charge is -2.58. The molecular formula is C29H40O10. The molecule has 4 unspecified atom stereocenters. The summed E-state index contributed by atoms with van der Waals surface area (Å²) in [4.78, 5) is 26.0. The van der Waals surface area contributed by atoms with E-state index in [9.17, 15) is 24.9 Å². The molecule has 2 saturated heterocycles. The van der Waals surface area contributed by atoms with E-state index in [1.54, 1.807) is 26.0 Å². The minimum Gasteiger partial charge on any atom is -0.465 e. The highest BCUT2D eigenvalue weighted by Crippen LogP contribution is 2.72. The van der Waals surface area contributed by atoms with Crippen LogP contribution in [0.4, 0.5) is 0 Å². The third-order valence-electron chi connectivity index (χ3n) is 9.79. The number of esters is 2. The van der Waals surface area contributed by atoms with E-state index in [1.165, 1.54) is 12.2 Å². The van der Waals surface area contributed by atoms with E-state index in [-0.39, 0.29) is 32.2 Å². The zero-order chi connectivity index (χ0) is 28.2. The van der Waals surface area contributed by atoms with Crippen molar-refractivity contribution in [1.29, 1.82) is 0 Å². The van der Waals surface area contributed by atoms with Crippen LogP contribution in [0.2, 0.25) is 0 Å². The molecule has 3 fully saturated rings. The smallest absolute Gasteiger partial charge is 0.331 e. The zero-order valence-electron chi connectivity index (χ0n) is 22.9. The molecule has 3 N–H and O–H groups in total. The fourth-order valence-electron chi connectivity index (χ4n) is 7.02. The molecular weight excluding hydrogens is 508 g/mol. The lowest BCUT2D eigenvalue weighted by atomic mass is 9.51. The summed E-state index contributed by atoms with van der Waals surface area (Å²) < 4.78 is 30.2. The van der Waals surface area contributed by atoms with Gasteiger partial charge < -0.3 is 39.0 Å². The Kier molecular flexibility index (Phi) is 7.58. The highest BCUT2D eigenvalue weighted by atomic mass is 16.6. The normalized spacial score (nSPS) is 49.0. The Morgan fingerprint density at radius 1 is 1.13 bits per heavy atom. The van der Waals surface area contributed by atoms with Gasteiger partial charge in [0.2, 0.25) is 0 Å².